The van der Waals surface area contributed by atoms with E-state index in [1.165, 1.54) is 22.3 Å². The summed E-state index contributed by atoms with van der Waals surface area (Å²) in [7, 11) is 0. The highest BCUT2D eigenvalue weighted by Gasteiger charge is 2.68. The third-order valence-corrected chi connectivity index (χ3v) is 6.05. The van der Waals surface area contributed by atoms with Gasteiger partial charge < -0.3 is 4.74 Å². The number of hydrogen-bond acceptors (Lipinski definition) is 2. The molecule has 2 aliphatic rings. The van der Waals surface area contributed by atoms with Crippen molar-refractivity contribution >= 4 is 5.97 Å². The third kappa shape index (κ3) is 2.13. The van der Waals surface area contributed by atoms with Crippen molar-refractivity contribution < 1.29 is 9.53 Å². The van der Waals surface area contributed by atoms with Gasteiger partial charge in [0.15, 0.2) is 0 Å². The maximum atomic E-state index is 12.1. The van der Waals surface area contributed by atoms with Crippen LogP contribution >= 0.6 is 0 Å². The summed E-state index contributed by atoms with van der Waals surface area (Å²) in [5.74, 6) is 0.710. The molecule has 25 heavy (non-hydrogen) atoms. The van der Waals surface area contributed by atoms with E-state index in [2.05, 4.69) is 62.0 Å². The smallest absolute Gasteiger partial charge is 0.333 e. The molecule has 0 aliphatic heterocycles. The quantitative estimate of drug-likeness (QED) is 0.561. The van der Waals surface area contributed by atoms with Gasteiger partial charge in [0.1, 0.15) is 0 Å². The molecular formula is C23H24O2. The molecule has 4 rings (SSSR count). The Bertz CT molecular complexity index is 803. The van der Waals surface area contributed by atoms with Crippen molar-refractivity contribution in [3.63, 3.8) is 0 Å². The molecule has 0 saturated heterocycles. The van der Waals surface area contributed by atoms with Gasteiger partial charge in [0.2, 0.25) is 0 Å². The highest BCUT2D eigenvalue weighted by Crippen LogP contribution is 2.72. The summed E-state index contributed by atoms with van der Waals surface area (Å²) in [6.45, 7) is 8.50. The predicted molar refractivity (Wildman–Crippen MR) is 100 cm³/mol. The molecule has 1 fully saturated rings. The van der Waals surface area contributed by atoms with Gasteiger partial charge in [-0.25, -0.2) is 4.79 Å². The van der Waals surface area contributed by atoms with Gasteiger partial charge in [0.25, 0.3) is 0 Å². The van der Waals surface area contributed by atoms with Gasteiger partial charge in [-0.15, -0.1) is 0 Å². The van der Waals surface area contributed by atoms with E-state index in [0.29, 0.717) is 30.4 Å². The Morgan fingerprint density at radius 1 is 1.00 bits per heavy atom. The number of esters is 1. The van der Waals surface area contributed by atoms with E-state index in [4.69, 9.17) is 4.74 Å². The lowest BCUT2D eigenvalue weighted by molar-refractivity contribution is -0.138. The first-order chi connectivity index (χ1) is 12.2. The van der Waals surface area contributed by atoms with E-state index >= 15 is 0 Å². The highest BCUT2D eigenvalue weighted by molar-refractivity contribution is 5.89. The second-order valence-electron chi connectivity index (χ2n) is 7.11. The molecule has 128 valence electrons. The predicted octanol–water partition coefficient (Wildman–Crippen LogP) is 5.12. The zero-order valence-corrected chi connectivity index (χ0v) is 14.9. The lowest BCUT2D eigenvalue weighted by atomic mass is 9.87. The molecule has 0 N–H and O–H groups in total. The molecule has 1 saturated carbocycles. The maximum absolute atomic E-state index is 12.1. The van der Waals surface area contributed by atoms with E-state index < -0.39 is 0 Å². The fourth-order valence-corrected chi connectivity index (χ4v) is 5.13. The first-order valence-electron chi connectivity index (χ1n) is 9.20. The van der Waals surface area contributed by atoms with Crippen molar-refractivity contribution in [3.05, 3.63) is 71.8 Å². The molecule has 0 heterocycles. The number of carbonyl (C=O) groups is 1. The number of hydrogen-bond donors (Lipinski definition) is 0. The molecule has 0 radical (unpaired) electrons. The van der Waals surface area contributed by atoms with Gasteiger partial charge in [-0.05, 0) is 47.4 Å². The Kier molecular flexibility index (Phi) is 3.79. The normalized spacial score (nSPS) is 21.5. The molecule has 2 aliphatic carbocycles. The second kappa shape index (κ2) is 5.87. The van der Waals surface area contributed by atoms with Crippen LogP contribution in [0, 0.1) is 11.8 Å². The number of ether oxygens (including phenoxy) is 1. The van der Waals surface area contributed by atoms with Gasteiger partial charge >= 0.3 is 5.97 Å². The number of carbonyl (C=O) groups excluding carboxylic acids is 1. The molecule has 2 aromatic rings. The van der Waals surface area contributed by atoms with E-state index in [1.54, 1.807) is 0 Å². The van der Waals surface area contributed by atoms with Crippen LogP contribution in [-0.2, 0) is 14.9 Å². The minimum Gasteiger partial charge on any atom is -0.463 e. The first kappa shape index (κ1) is 16.1. The third-order valence-electron chi connectivity index (χ3n) is 6.05. The lowest BCUT2D eigenvalue weighted by Crippen LogP contribution is -2.12. The van der Waals surface area contributed by atoms with Gasteiger partial charge in [-0.2, -0.15) is 0 Å². The molecule has 0 amide bonds. The Balaban J connectivity index is 1.76. The Labute approximate surface area is 149 Å². The fourth-order valence-electron chi connectivity index (χ4n) is 5.13. The van der Waals surface area contributed by atoms with E-state index in [0.717, 1.165) is 6.42 Å². The van der Waals surface area contributed by atoms with Crippen molar-refractivity contribution in [1.29, 1.82) is 0 Å². The zero-order valence-electron chi connectivity index (χ0n) is 14.9. The van der Waals surface area contributed by atoms with Crippen LogP contribution < -0.4 is 0 Å². The van der Waals surface area contributed by atoms with Crippen LogP contribution in [0.2, 0.25) is 0 Å². The average molecular weight is 332 g/mol. The lowest BCUT2D eigenvalue weighted by Gasteiger charge is -2.15. The van der Waals surface area contributed by atoms with Gasteiger partial charge in [-0.1, -0.05) is 68.5 Å². The SMILES string of the molecule is C=C(C[C@@H]1[C@H](CC)C12c1ccccc1-c1ccccc12)C(=O)OCC. The maximum Gasteiger partial charge on any atom is 0.333 e. The molecule has 2 nitrogen and oxygen atoms in total. The summed E-state index contributed by atoms with van der Waals surface area (Å²) in [4.78, 5) is 12.1. The van der Waals surface area contributed by atoms with Crippen LogP contribution in [0.4, 0.5) is 0 Å². The molecule has 2 atom stereocenters. The molecule has 2 heteroatoms. The van der Waals surface area contributed by atoms with Gasteiger partial charge in [-0.3, -0.25) is 0 Å². The number of benzene rings is 2. The summed E-state index contributed by atoms with van der Waals surface area (Å²) in [5.41, 5.74) is 6.18. The van der Waals surface area contributed by atoms with Gasteiger partial charge in [0, 0.05) is 11.0 Å². The minimum absolute atomic E-state index is 0.0391. The first-order valence-corrected chi connectivity index (χ1v) is 9.20. The molecule has 2 aromatic carbocycles. The molecule has 0 unspecified atom stereocenters. The highest BCUT2D eigenvalue weighted by atomic mass is 16.5. The molecular weight excluding hydrogens is 308 g/mol. The molecule has 1 spiro atoms. The Morgan fingerprint density at radius 2 is 1.56 bits per heavy atom. The summed E-state index contributed by atoms with van der Waals surface area (Å²) in [6.07, 6.45) is 1.81. The van der Waals surface area contributed by atoms with Crippen molar-refractivity contribution in [1.82, 2.24) is 0 Å². The van der Waals surface area contributed by atoms with Crippen LogP contribution in [0.1, 0.15) is 37.8 Å². The van der Waals surface area contributed by atoms with Crippen molar-refractivity contribution in [2.45, 2.75) is 32.1 Å². The van der Waals surface area contributed by atoms with Crippen LogP contribution in [0.3, 0.4) is 0 Å². The topological polar surface area (TPSA) is 26.3 Å². The van der Waals surface area contributed by atoms with Crippen molar-refractivity contribution in [2.24, 2.45) is 11.8 Å². The summed E-state index contributed by atoms with van der Waals surface area (Å²) in [5, 5.41) is 0. The fraction of sp³-hybridized carbons (Fsp3) is 0.348. The van der Waals surface area contributed by atoms with Crippen molar-refractivity contribution in [3.8, 4) is 11.1 Å². The standard InChI is InChI=1S/C23H24O2/c1-4-18-21(14-15(3)22(24)25-5-2)23(18)19-12-8-6-10-16(19)17-11-7-9-13-20(17)23/h6-13,18,21H,3-5,14H2,1-2H3/t18-,21+/m0/s1. The van der Waals surface area contributed by atoms with Crippen LogP contribution in [0.5, 0.6) is 0 Å². The summed E-state index contributed by atoms with van der Waals surface area (Å²) < 4.78 is 5.15. The van der Waals surface area contributed by atoms with E-state index in [9.17, 15) is 4.79 Å². The minimum atomic E-state index is -0.251. The van der Waals surface area contributed by atoms with Crippen molar-refractivity contribution in [2.75, 3.05) is 6.61 Å². The second-order valence-corrected chi connectivity index (χ2v) is 7.11. The summed E-state index contributed by atoms with van der Waals surface area (Å²) >= 11 is 0. The number of rotatable bonds is 5. The Morgan fingerprint density at radius 3 is 2.08 bits per heavy atom. The van der Waals surface area contributed by atoms with E-state index in [1.807, 2.05) is 6.92 Å². The van der Waals surface area contributed by atoms with E-state index in [-0.39, 0.29) is 11.4 Å². The Hall–Kier alpha value is -2.35. The van der Waals surface area contributed by atoms with Crippen LogP contribution in [0.15, 0.2) is 60.7 Å². The molecule has 0 bridgehead atoms. The van der Waals surface area contributed by atoms with Crippen LogP contribution in [0.25, 0.3) is 11.1 Å². The summed E-state index contributed by atoms with van der Waals surface area (Å²) in [6, 6.07) is 17.5. The molecule has 0 aromatic heterocycles. The monoisotopic (exact) mass is 332 g/mol. The average Bonchev–Trinajstić information content (AvgIpc) is 3.18. The number of fused-ring (bicyclic) bond motifs is 5. The van der Waals surface area contributed by atoms with Crippen LogP contribution in [-0.4, -0.2) is 12.6 Å². The largest absolute Gasteiger partial charge is 0.463 e. The van der Waals surface area contributed by atoms with Gasteiger partial charge in [0.05, 0.1) is 6.61 Å². The zero-order chi connectivity index (χ0) is 17.6.